The second-order valence-electron chi connectivity index (χ2n) is 9.84. The number of aliphatic hydroxyl groups excluding tert-OH is 1. The Morgan fingerprint density at radius 2 is 1.74 bits per heavy atom. The number of aliphatic hydroxyl groups is 1. The molecule has 4 fully saturated rings. The highest BCUT2D eigenvalue weighted by molar-refractivity contribution is 5.80. The molecule has 4 aliphatic rings. The molecule has 4 rings (SSSR count). The van der Waals surface area contributed by atoms with Crippen LogP contribution in [0.15, 0.2) is 0 Å². The number of rotatable bonds is 1. The van der Waals surface area contributed by atoms with E-state index >= 15 is 0 Å². The van der Waals surface area contributed by atoms with Gasteiger partial charge in [-0.1, -0.05) is 26.7 Å². The van der Waals surface area contributed by atoms with E-state index in [2.05, 4.69) is 13.8 Å². The van der Waals surface area contributed by atoms with Gasteiger partial charge in [-0.25, -0.2) is 0 Å². The molecule has 0 heterocycles. The van der Waals surface area contributed by atoms with Crippen LogP contribution in [0.4, 0.5) is 0 Å². The highest BCUT2D eigenvalue weighted by Gasteiger charge is 2.62. The lowest BCUT2D eigenvalue weighted by Gasteiger charge is -2.60. The number of carbonyl (C=O) groups excluding carboxylic acids is 1. The summed E-state index contributed by atoms with van der Waals surface area (Å²) in [4.78, 5) is 12.2. The molecule has 0 bridgehead atoms. The quantitative estimate of drug-likeness (QED) is 0.767. The molecule has 0 aromatic carbocycles. The molecule has 2 nitrogen and oxygen atoms in total. The smallest absolute Gasteiger partial charge is 0.136 e. The van der Waals surface area contributed by atoms with Crippen molar-refractivity contribution in [2.45, 2.75) is 84.7 Å². The zero-order chi connectivity index (χ0) is 16.4. The van der Waals surface area contributed by atoms with Gasteiger partial charge in [-0.2, -0.15) is 0 Å². The molecule has 23 heavy (non-hydrogen) atoms. The van der Waals surface area contributed by atoms with Gasteiger partial charge in [0.15, 0.2) is 0 Å². The fraction of sp³-hybridized carbons (Fsp3) is 0.952. The van der Waals surface area contributed by atoms with Gasteiger partial charge in [-0.3, -0.25) is 4.79 Å². The van der Waals surface area contributed by atoms with Gasteiger partial charge < -0.3 is 5.11 Å². The number of fused-ring (bicyclic) bond motifs is 5. The van der Waals surface area contributed by atoms with Crippen molar-refractivity contribution >= 4 is 5.78 Å². The minimum atomic E-state index is -0.391. The Balaban J connectivity index is 1.66. The summed E-state index contributed by atoms with van der Waals surface area (Å²) in [5.41, 5.74) is 0.603. The van der Waals surface area contributed by atoms with Gasteiger partial charge >= 0.3 is 0 Å². The van der Waals surface area contributed by atoms with E-state index in [1.807, 2.05) is 0 Å². The Kier molecular flexibility index (Phi) is 3.72. The Labute approximate surface area is 141 Å². The van der Waals surface area contributed by atoms with Gasteiger partial charge in [0.1, 0.15) is 5.78 Å². The van der Waals surface area contributed by atoms with E-state index in [4.69, 9.17) is 0 Å². The summed E-state index contributed by atoms with van der Waals surface area (Å²) >= 11 is 0. The first-order valence-corrected chi connectivity index (χ1v) is 10.1. The molecule has 7 unspecified atom stereocenters. The van der Waals surface area contributed by atoms with Gasteiger partial charge in [-0.15, -0.1) is 0 Å². The maximum atomic E-state index is 12.2. The summed E-state index contributed by atoms with van der Waals surface area (Å²) in [6.45, 7) is 6.61. The van der Waals surface area contributed by atoms with Crippen LogP contribution in [0.2, 0.25) is 0 Å². The van der Waals surface area contributed by atoms with Crippen molar-refractivity contribution in [3.63, 3.8) is 0 Å². The molecule has 2 heteroatoms. The van der Waals surface area contributed by atoms with Crippen molar-refractivity contribution in [3.8, 4) is 0 Å². The van der Waals surface area contributed by atoms with E-state index in [1.165, 1.54) is 44.9 Å². The summed E-state index contributed by atoms with van der Waals surface area (Å²) in [6.07, 6.45) is 11.4. The van der Waals surface area contributed by atoms with E-state index in [0.717, 1.165) is 30.6 Å². The van der Waals surface area contributed by atoms with Gasteiger partial charge in [0.05, 0.1) is 6.10 Å². The standard InChI is InChI=1S/C21H34O2/c1-13(22)19-18(23)12-17-15-8-7-14-6-4-5-10-20(14,2)16(15)9-11-21(17,19)3/h14-19,23H,4-12H2,1-3H3/t14?,15?,16?,17?,18-,19?,20?,21?/m1/s1. The fourth-order valence-electron chi connectivity index (χ4n) is 8.04. The summed E-state index contributed by atoms with van der Waals surface area (Å²) < 4.78 is 0. The first kappa shape index (κ1) is 16.1. The highest BCUT2D eigenvalue weighted by Crippen LogP contribution is 2.67. The normalized spacial score (nSPS) is 55.7. The van der Waals surface area contributed by atoms with Gasteiger partial charge in [0.2, 0.25) is 0 Å². The second-order valence-corrected chi connectivity index (χ2v) is 9.84. The molecule has 8 atom stereocenters. The lowest BCUT2D eigenvalue weighted by molar-refractivity contribution is -0.135. The van der Waals surface area contributed by atoms with Gasteiger partial charge in [-0.05, 0) is 86.4 Å². The first-order valence-electron chi connectivity index (χ1n) is 10.1. The zero-order valence-electron chi connectivity index (χ0n) is 15.2. The third kappa shape index (κ3) is 2.12. The van der Waals surface area contributed by atoms with E-state index in [1.54, 1.807) is 6.92 Å². The van der Waals surface area contributed by atoms with Crippen molar-refractivity contribution < 1.29 is 9.90 Å². The molecular weight excluding hydrogens is 284 g/mol. The van der Waals surface area contributed by atoms with Gasteiger partial charge in [0.25, 0.3) is 0 Å². The van der Waals surface area contributed by atoms with Crippen LogP contribution in [0, 0.1) is 40.4 Å². The summed E-state index contributed by atoms with van der Waals surface area (Å²) in [6, 6.07) is 0. The van der Waals surface area contributed by atoms with Crippen molar-refractivity contribution in [1.29, 1.82) is 0 Å². The van der Waals surface area contributed by atoms with Crippen LogP contribution >= 0.6 is 0 Å². The van der Waals surface area contributed by atoms with E-state index in [-0.39, 0.29) is 17.1 Å². The van der Waals surface area contributed by atoms with Gasteiger partial charge in [0, 0.05) is 5.92 Å². The third-order valence-electron chi connectivity index (χ3n) is 9.05. The second kappa shape index (κ2) is 5.31. The Hall–Kier alpha value is -0.370. The molecule has 0 aromatic heterocycles. The average Bonchev–Trinajstić information content (AvgIpc) is 2.77. The maximum absolute atomic E-state index is 12.2. The van der Waals surface area contributed by atoms with Crippen molar-refractivity contribution in [1.82, 2.24) is 0 Å². The molecule has 130 valence electrons. The largest absolute Gasteiger partial charge is 0.392 e. The molecule has 0 aromatic rings. The van der Waals surface area contributed by atoms with Crippen molar-refractivity contribution in [2.24, 2.45) is 40.4 Å². The minimum Gasteiger partial charge on any atom is -0.392 e. The average molecular weight is 319 g/mol. The topological polar surface area (TPSA) is 37.3 Å². The maximum Gasteiger partial charge on any atom is 0.136 e. The number of Topliss-reactive ketones (excluding diaryl/α,β-unsaturated/α-hetero) is 1. The lowest BCUT2D eigenvalue weighted by atomic mass is 9.45. The summed E-state index contributed by atoms with van der Waals surface area (Å²) in [5.74, 6) is 3.23. The molecule has 4 aliphatic carbocycles. The van der Waals surface area contributed by atoms with Crippen LogP contribution in [0.5, 0.6) is 0 Å². The molecule has 0 amide bonds. The van der Waals surface area contributed by atoms with E-state index < -0.39 is 6.10 Å². The van der Waals surface area contributed by atoms with E-state index in [0.29, 0.717) is 11.3 Å². The van der Waals surface area contributed by atoms with Crippen LogP contribution in [0.25, 0.3) is 0 Å². The molecule has 0 radical (unpaired) electrons. The molecule has 1 N–H and O–H groups in total. The van der Waals surface area contributed by atoms with Crippen LogP contribution in [-0.4, -0.2) is 17.0 Å². The molecular formula is C21H34O2. The van der Waals surface area contributed by atoms with Crippen molar-refractivity contribution in [2.75, 3.05) is 0 Å². The number of carbonyl (C=O) groups is 1. The number of ketones is 1. The molecule has 0 spiro atoms. The van der Waals surface area contributed by atoms with Crippen LogP contribution in [-0.2, 0) is 4.79 Å². The Morgan fingerprint density at radius 3 is 2.48 bits per heavy atom. The predicted molar refractivity (Wildman–Crippen MR) is 91.9 cm³/mol. The molecule has 4 saturated carbocycles. The number of hydrogen-bond acceptors (Lipinski definition) is 2. The highest BCUT2D eigenvalue weighted by atomic mass is 16.3. The van der Waals surface area contributed by atoms with E-state index in [9.17, 15) is 9.90 Å². The minimum absolute atomic E-state index is 0.0598. The third-order valence-corrected chi connectivity index (χ3v) is 9.05. The number of hydrogen-bond donors (Lipinski definition) is 1. The Bertz CT molecular complexity index is 500. The lowest BCUT2D eigenvalue weighted by Crippen LogP contribution is -2.53. The van der Waals surface area contributed by atoms with Crippen LogP contribution in [0.1, 0.15) is 78.6 Å². The summed E-state index contributed by atoms with van der Waals surface area (Å²) in [7, 11) is 0. The van der Waals surface area contributed by atoms with Crippen LogP contribution in [0.3, 0.4) is 0 Å². The fourth-order valence-corrected chi connectivity index (χ4v) is 8.04. The monoisotopic (exact) mass is 318 g/mol. The summed E-state index contributed by atoms with van der Waals surface area (Å²) in [5, 5.41) is 10.6. The van der Waals surface area contributed by atoms with Crippen molar-refractivity contribution in [3.05, 3.63) is 0 Å². The van der Waals surface area contributed by atoms with Crippen LogP contribution < -0.4 is 0 Å². The molecule has 0 saturated heterocycles. The zero-order valence-corrected chi connectivity index (χ0v) is 15.2. The predicted octanol–water partition coefficient (Wildman–Crippen LogP) is 4.60. The SMILES string of the molecule is CC(=O)C1[C@H](O)CC2C3CCC4CCCCC4(C)C3CCC21C. The first-order chi connectivity index (χ1) is 10.9. The molecule has 0 aliphatic heterocycles. The Morgan fingerprint density at radius 1 is 0.957 bits per heavy atom.